The van der Waals surface area contributed by atoms with Crippen LogP contribution in [0.1, 0.15) is 17.4 Å². The molecule has 0 amide bonds. The number of para-hydroxylation sites is 1. The number of esters is 1. The zero-order chi connectivity index (χ0) is 14.4. The minimum absolute atomic E-state index is 0.349. The van der Waals surface area contributed by atoms with Gasteiger partial charge in [0.1, 0.15) is 16.9 Å². The van der Waals surface area contributed by atoms with E-state index < -0.39 is 0 Å². The highest BCUT2D eigenvalue weighted by molar-refractivity contribution is 6.15. The predicted molar refractivity (Wildman–Crippen MR) is 81.5 cm³/mol. The van der Waals surface area contributed by atoms with Crippen LogP contribution in [0.15, 0.2) is 46.9 Å². The highest BCUT2D eigenvalue weighted by atomic mass is 16.5. The molecule has 1 N–H and O–H groups in total. The standard InChI is InChI=1S/C17H13NO3/c1-2-20-17(19)14-9-12-13(18-14)8-7-11-10-5-3-4-6-15(10)21-16(11)12/h3-9,18H,2H2,1H3. The van der Waals surface area contributed by atoms with Gasteiger partial charge in [0.2, 0.25) is 0 Å². The first kappa shape index (κ1) is 12.0. The first-order chi connectivity index (χ1) is 10.3. The number of rotatable bonds is 2. The molecule has 0 fully saturated rings. The third-order valence-corrected chi connectivity index (χ3v) is 3.64. The van der Waals surface area contributed by atoms with Crippen molar-refractivity contribution in [3.8, 4) is 0 Å². The summed E-state index contributed by atoms with van der Waals surface area (Å²) in [5.41, 5.74) is 2.95. The fraction of sp³-hybridized carbons (Fsp3) is 0.118. The van der Waals surface area contributed by atoms with Gasteiger partial charge in [-0.3, -0.25) is 0 Å². The summed E-state index contributed by atoms with van der Waals surface area (Å²) in [4.78, 5) is 14.9. The molecule has 0 unspecified atom stereocenters. The van der Waals surface area contributed by atoms with Crippen LogP contribution in [0, 0.1) is 0 Å². The number of hydrogen-bond donors (Lipinski definition) is 1. The van der Waals surface area contributed by atoms with Crippen molar-refractivity contribution < 1.29 is 13.9 Å². The Kier molecular flexibility index (Phi) is 2.51. The van der Waals surface area contributed by atoms with Gasteiger partial charge in [0, 0.05) is 21.7 Å². The SMILES string of the molecule is CCOC(=O)c1cc2c(ccc3c4ccccc4oc23)[nH]1. The van der Waals surface area contributed by atoms with Crippen molar-refractivity contribution in [3.63, 3.8) is 0 Å². The van der Waals surface area contributed by atoms with E-state index in [1.807, 2.05) is 36.4 Å². The summed E-state index contributed by atoms with van der Waals surface area (Å²) in [6.45, 7) is 2.15. The van der Waals surface area contributed by atoms with Gasteiger partial charge in [0.05, 0.1) is 6.61 Å². The highest BCUT2D eigenvalue weighted by Crippen LogP contribution is 2.34. The third-order valence-electron chi connectivity index (χ3n) is 3.64. The molecule has 0 saturated heterocycles. The van der Waals surface area contributed by atoms with Crippen LogP contribution in [0.5, 0.6) is 0 Å². The number of aromatic amines is 1. The van der Waals surface area contributed by atoms with E-state index in [2.05, 4.69) is 4.98 Å². The summed E-state index contributed by atoms with van der Waals surface area (Å²) in [6.07, 6.45) is 0. The number of fused-ring (bicyclic) bond motifs is 5. The smallest absolute Gasteiger partial charge is 0.354 e. The van der Waals surface area contributed by atoms with E-state index in [0.717, 1.165) is 32.8 Å². The average Bonchev–Trinajstić information content (AvgIpc) is 3.08. The molecule has 2 heterocycles. The Bertz CT molecular complexity index is 978. The summed E-state index contributed by atoms with van der Waals surface area (Å²) >= 11 is 0. The quantitative estimate of drug-likeness (QED) is 0.558. The molecule has 0 saturated carbocycles. The van der Waals surface area contributed by atoms with Gasteiger partial charge >= 0.3 is 5.97 Å². The van der Waals surface area contributed by atoms with Crippen molar-refractivity contribution in [1.29, 1.82) is 0 Å². The number of hydrogen-bond acceptors (Lipinski definition) is 3. The molecule has 0 spiro atoms. The van der Waals surface area contributed by atoms with Crippen molar-refractivity contribution in [3.05, 3.63) is 48.2 Å². The van der Waals surface area contributed by atoms with E-state index >= 15 is 0 Å². The zero-order valence-corrected chi connectivity index (χ0v) is 11.5. The number of aromatic nitrogens is 1. The summed E-state index contributed by atoms with van der Waals surface area (Å²) in [6, 6.07) is 13.7. The number of H-pyrrole nitrogens is 1. The van der Waals surface area contributed by atoms with Gasteiger partial charge in [-0.25, -0.2) is 4.79 Å². The summed E-state index contributed by atoms with van der Waals surface area (Å²) in [7, 11) is 0. The van der Waals surface area contributed by atoms with Gasteiger partial charge < -0.3 is 14.1 Å². The molecule has 0 bridgehead atoms. The van der Waals surface area contributed by atoms with Gasteiger partial charge in [-0.15, -0.1) is 0 Å². The molecule has 4 nitrogen and oxygen atoms in total. The molecular weight excluding hydrogens is 266 g/mol. The molecule has 0 aliphatic rings. The van der Waals surface area contributed by atoms with E-state index in [-0.39, 0.29) is 5.97 Å². The maximum absolute atomic E-state index is 11.8. The number of ether oxygens (including phenoxy) is 1. The molecule has 4 aromatic rings. The Labute approximate surface area is 120 Å². The average molecular weight is 279 g/mol. The number of benzene rings is 2. The lowest BCUT2D eigenvalue weighted by Crippen LogP contribution is -2.04. The normalized spacial score (nSPS) is 11.5. The van der Waals surface area contributed by atoms with Crippen LogP contribution >= 0.6 is 0 Å². The maximum atomic E-state index is 11.8. The zero-order valence-electron chi connectivity index (χ0n) is 11.5. The lowest BCUT2D eigenvalue weighted by molar-refractivity contribution is 0.0520. The largest absolute Gasteiger partial charge is 0.461 e. The van der Waals surface area contributed by atoms with Crippen LogP contribution in [0.2, 0.25) is 0 Å². The molecule has 0 aliphatic carbocycles. The second-order valence-corrected chi connectivity index (χ2v) is 4.91. The van der Waals surface area contributed by atoms with Gasteiger partial charge in [-0.2, -0.15) is 0 Å². The van der Waals surface area contributed by atoms with Gasteiger partial charge in [0.15, 0.2) is 0 Å². The highest BCUT2D eigenvalue weighted by Gasteiger charge is 2.15. The first-order valence-electron chi connectivity index (χ1n) is 6.88. The molecule has 4 heteroatoms. The van der Waals surface area contributed by atoms with Crippen LogP contribution in [-0.2, 0) is 4.74 Å². The van der Waals surface area contributed by atoms with Crippen molar-refractivity contribution in [2.24, 2.45) is 0 Å². The Morgan fingerprint density at radius 1 is 1.14 bits per heavy atom. The fourth-order valence-electron chi connectivity index (χ4n) is 2.71. The monoisotopic (exact) mass is 279 g/mol. The molecule has 2 aromatic carbocycles. The molecule has 0 aliphatic heterocycles. The van der Waals surface area contributed by atoms with E-state index in [1.165, 1.54) is 0 Å². The third kappa shape index (κ3) is 1.72. The second-order valence-electron chi connectivity index (χ2n) is 4.91. The molecule has 4 rings (SSSR count). The minimum Gasteiger partial charge on any atom is -0.461 e. The van der Waals surface area contributed by atoms with Crippen LogP contribution in [-0.4, -0.2) is 17.6 Å². The summed E-state index contributed by atoms with van der Waals surface area (Å²) in [5.74, 6) is -0.349. The fourth-order valence-corrected chi connectivity index (χ4v) is 2.71. The molecule has 0 radical (unpaired) electrons. The number of carbonyl (C=O) groups is 1. The van der Waals surface area contributed by atoms with E-state index in [0.29, 0.717) is 12.3 Å². The first-order valence-corrected chi connectivity index (χ1v) is 6.88. The van der Waals surface area contributed by atoms with Crippen LogP contribution in [0.4, 0.5) is 0 Å². The Balaban J connectivity index is 2.02. The van der Waals surface area contributed by atoms with E-state index in [9.17, 15) is 4.79 Å². The number of carbonyl (C=O) groups excluding carboxylic acids is 1. The Hall–Kier alpha value is -2.75. The van der Waals surface area contributed by atoms with Gasteiger partial charge in [0.25, 0.3) is 0 Å². The van der Waals surface area contributed by atoms with E-state index in [4.69, 9.17) is 9.15 Å². The van der Waals surface area contributed by atoms with Crippen molar-refractivity contribution in [2.75, 3.05) is 6.61 Å². The van der Waals surface area contributed by atoms with Crippen molar-refractivity contribution in [2.45, 2.75) is 6.92 Å². The van der Waals surface area contributed by atoms with E-state index in [1.54, 1.807) is 13.0 Å². The van der Waals surface area contributed by atoms with Crippen LogP contribution in [0.3, 0.4) is 0 Å². The molecule has 21 heavy (non-hydrogen) atoms. The van der Waals surface area contributed by atoms with Crippen LogP contribution in [0.25, 0.3) is 32.8 Å². The van der Waals surface area contributed by atoms with Crippen molar-refractivity contribution in [1.82, 2.24) is 4.98 Å². The molecule has 104 valence electrons. The summed E-state index contributed by atoms with van der Waals surface area (Å²) in [5, 5.41) is 3.02. The lowest BCUT2D eigenvalue weighted by Gasteiger charge is -1.96. The summed E-state index contributed by atoms with van der Waals surface area (Å²) < 4.78 is 11.0. The second kappa shape index (κ2) is 4.38. The molecular formula is C17H13NO3. The predicted octanol–water partition coefficient (Wildman–Crippen LogP) is 4.24. The molecule has 0 atom stereocenters. The van der Waals surface area contributed by atoms with Gasteiger partial charge in [-0.1, -0.05) is 18.2 Å². The lowest BCUT2D eigenvalue weighted by atomic mass is 10.1. The van der Waals surface area contributed by atoms with Crippen molar-refractivity contribution >= 4 is 38.8 Å². The van der Waals surface area contributed by atoms with Crippen LogP contribution < -0.4 is 0 Å². The Morgan fingerprint density at radius 2 is 2.00 bits per heavy atom. The Morgan fingerprint density at radius 3 is 2.86 bits per heavy atom. The number of nitrogens with one attached hydrogen (secondary N) is 1. The van der Waals surface area contributed by atoms with Gasteiger partial charge in [-0.05, 0) is 31.2 Å². The minimum atomic E-state index is -0.349. The molecule has 2 aromatic heterocycles. The number of furan rings is 1. The topological polar surface area (TPSA) is 55.2 Å². The maximum Gasteiger partial charge on any atom is 0.354 e.